The molecule has 0 bridgehead atoms. The maximum atomic E-state index is 13.0. The van der Waals surface area contributed by atoms with Crippen molar-refractivity contribution < 1.29 is 21.6 Å². The maximum absolute atomic E-state index is 13.0. The van der Waals surface area contributed by atoms with Crippen molar-refractivity contribution in [2.24, 2.45) is 0 Å². The molecule has 1 aromatic carbocycles. The summed E-state index contributed by atoms with van der Waals surface area (Å²) in [5.74, 6) is -4.45. The van der Waals surface area contributed by atoms with Crippen LogP contribution in [-0.2, 0) is 10.0 Å². The number of hydrogen-bond acceptors (Lipinski definition) is 2. The van der Waals surface area contributed by atoms with Crippen molar-refractivity contribution in [3.63, 3.8) is 0 Å². The lowest BCUT2D eigenvalue weighted by molar-refractivity contribution is 0.457. The summed E-state index contributed by atoms with van der Waals surface area (Å²) >= 11 is 0. The molecule has 0 aliphatic carbocycles. The summed E-state index contributed by atoms with van der Waals surface area (Å²) in [5, 5.41) is 0. The fourth-order valence-corrected chi connectivity index (χ4v) is 2.20. The van der Waals surface area contributed by atoms with E-state index in [0.717, 1.165) is 0 Å². The topological polar surface area (TPSA) is 46.2 Å². The van der Waals surface area contributed by atoms with Crippen molar-refractivity contribution >= 4 is 10.0 Å². The minimum atomic E-state index is -4.33. The van der Waals surface area contributed by atoms with Crippen LogP contribution in [0.1, 0.15) is 6.92 Å². The van der Waals surface area contributed by atoms with Crippen LogP contribution in [0.25, 0.3) is 0 Å². The molecule has 0 spiro atoms. The Morgan fingerprint density at radius 2 is 1.73 bits per heavy atom. The van der Waals surface area contributed by atoms with E-state index in [1.165, 1.54) is 6.92 Å². The number of benzene rings is 1. The van der Waals surface area contributed by atoms with Gasteiger partial charge in [-0.1, -0.05) is 6.92 Å². The molecule has 0 radical (unpaired) electrons. The fraction of sp³-hybridized carbons (Fsp3) is 0.250. The minimum Gasteiger partial charge on any atom is -0.211 e. The van der Waals surface area contributed by atoms with Crippen LogP contribution >= 0.6 is 0 Å². The second-order valence-corrected chi connectivity index (χ2v) is 4.38. The largest absolute Gasteiger partial charge is 0.246 e. The first kappa shape index (κ1) is 12.0. The molecule has 0 unspecified atom stereocenters. The Morgan fingerprint density at radius 1 is 1.20 bits per heavy atom. The highest BCUT2D eigenvalue weighted by Gasteiger charge is 2.25. The van der Waals surface area contributed by atoms with E-state index in [1.807, 2.05) is 4.72 Å². The number of nitrogens with one attached hydrogen (secondary N) is 1. The zero-order valence-corrected chi connectivity index (χ0v) is 8.54. The second-order valence-electron chi connectivity index (χ2n) is 2.67. The van der Waals surface area contributed by atoms with Crippen LogP contribution in [0.4, 0.5) is 13.2 Å². The highest BCUT2D eigenvalue weighted by atomic mass is 32.2. The minimum absolute atomic E-state index is 0.0439. The molecule has 0 aliphatic heterocycles. The van der Waals surface area contributed by atoms with Crippen LogP contribution < -0.4 is 4.72 Å². The zero-order chi connectivity index (χ0) is 11.6. The van der Waals surface area contributed by atoms with E-state index in [-0.39, 0.29) is 6.54 Å². The van der Waals surface area contributed by atoms with E-state index in [4.69, 9.17) is 0 Å². The molecule has 0 atom stereocenters. The first-order valence-electron chi connectivity index (χ1n) is 4.03. The predicted molar refractivity (Wildman–Crippen MR) is 47.2 cm³/mol. The maximum Gasteiger partial charge on any atom is 0.246 e. The van der Waals surface area contributed by atoms with Gasteiger partial charge in [-0.2, -0.15) is 0 Å². The molecule has 0 heterocycles. The summed E-state index contributed by atoms with van der Waals surface area (Å²) in [6, 6.07) is 1.08. The van der Waals surface area contributed by atoms with Crippen molar-refractivity contribution in [1.82, 2.24) is 4.72 Å². The van der Waals surface area contributed by atoms with E-state index in [9.17, 15) is 21.6 Å². The Hall–Kier alpha value is -1.08. The van der Waals surface area contributed by atoms with Gasteiger partial charge in [0.2, 0.25) is 10.0 Å². The van der Waals surface area contributed by atoms with Gasteiger partial charge in [0, 0.05) is 6.54 Å². The Bertz CT molecular complexity index is 473. The molecule has 1 aromatic rings. The first-order valence-corrected chi connectivity index (χ1v) is 5.51. The third-order valence-corrected chi connectivity index (χ3v) is 3.19. The van der Waals surface area contributed by atoms with E-state index >= 15 is 0 Å². The molecule has 0 amide bonds. The molecule has 3 nitrogen and oxygen atoms in total. The Balaban J connectivity index is 3.43. The van der Waals surface area contributed by atoms with E-state index in [2.05, 4.69) is 0 Å². The summed E-state index contributed by atoms with van der Waals surface area (Å²) < 4.78 is 63.2. The number of rotatable bonds is 3. The van der Waals surface area contributed by atoms with E-state index in [1.54, 1.807) is 0 Å². The van der Waals surface area contributed by atoms with Gasteiger partial charge >= 0.3 is 0 Å². The zero-order valence-electron chi connectivity index (χ0n) is 7.72. The quantitative estimate of drug-likeness (QED) is 0.810. The van der Waals surface area contributed by atoms with Crippen LogP contribution in [0.3, 0.4) is 0 Å². The van der Waals surface area contributed by atoms with Crippen molar-refractivity contribution in [3.8, 4) is 0 Å². The highest BCUT2D eigenvalue weighted by Crippen LogP contribution is 2.20. The molecule has 0 fully saturated rings. The van der Waals surface area contributed by atoms with Crippen LogP contribution in [-0.4, -0.2) is 15.0 Å². The van der Waals surface area contributed by atoms with Crippen molar-refractivity contribution in [3.05, 3.63) is 29.6 Å². The lowest BCUT2D eigenvalue weighted by Gasteiger charge is -2.06. The lowest BCUT2D eigenvalue weighted by Crippen LogP contribution is -2.25. The summed E-state index contributed by atoms with van der Waals surface area (Å²) in [5.41, 5.74) is 0. The van der Waals surface area contributed by atoms with Crippen molar-refractivity contribution in [1.29, 1.82) is 0 Å². The van der Waals surface area contributed by atoms with Gasteiger partial charge in [-0.05, 0) is 12.1 Å². The summed E-state index contributed by atoms with van der Waals surface area (Å²) in [7, 11) is -4.33. The fourth-order valence-electron chi connectivity index (χ4n) is 1.02. The Labute approximate surface area is 85.0 Å². The van der Waals surface area contributed by atoms with Gasteiger partial charge in [0.05, 0.1) is 0 Å². The molecule has 0 saturated heterocycles. The predicted octanol–water partition coefficient (Wildman–Crippen LogP) is 1.40. The molecule has 15 heavy (non-hydrogen) atoms. The molecule has 0 aliphatic rings. The van der Waals surface area contributed by atoms with Gasteiger partial charge in [0.1, 0.15) is 5.82 Å². The van der Waals surface area contributed by atoms with Gasteiger partial charge in [-0.3, -0.25) is 0 Å². The van der Waals surface area contributed by atoms with Crippen molar-refractivity contribution in [2.45, 2.75) is 11.8 Å². The first-order chi connectivity index (χ1) is 6.90. The molecule has 1 N–H and O–H groups in total. The number of halogens is 3. The van der Waals surface area contributed by atoms with Gasteiger partial charge in [-0.25, -0.2) is 26.3 Å². The molecule has 7 heteroatoms. The number of sulfonamides is 1. The molecule has 0 saturated carbocycles. The summed E-state index contributed by atoms with van der Waals surface area (Å²) in [6.45, 7) is 1.39. The smallest absolute Gasteiger partial charge is 0.211 e. The van der Waals surface area contributed by atoms with Crippen LogP contribution in [0.15, 0.2) is 17.0 Å². The second kappa shape index (κ2) is 4.19. The normalized spacial score (nSPS) is 11.7. The van der Waals surface area contributed by atoms with E-state index in [0.29, 0.717) is 12.1 Å². The monoisotopic (exact) mass is 239 g/mol. The van der Waals surface area contributed by atoms with Gasteiger partial charge < -0.3 is 0 Å². The third-order valence-electron chi connectivity index (χ3n) is 1.61. The molecular weight excluding hydrogens is 231 g/mol. The number of hydrogen-bond donors (Lipinski definition) is 1. The van der Waals surface area contributed by atoms with E-state index < -0.39 is 32.4 Å². The molecule has 1 rings (SSSR count). The highest BCUT2D eigenvalue weighted by molar-refractivity contribution is 7.89. The van der Waals surface area contributed by atoms with Gasteiger partial charge in [0.15, 0.2) is 16.5 Å². The van der Waals surface area contributed by atoms with Crippen LogP contribution in [0, 0.1) is 17.5 Å². The van der Waals surface area contributed by atoms with Crippen molar-refractivity contribution in [2.75, 3.05) is 6.54 Å². The summed E-state index contributed by atoms with van der Waals surface area (Å²) in [6.07, 6.45) is 0. The molecule has 0 aromatic heterocycles. The Kier molecular flexibility index (Phi) is 3.35. The SMILES string of the molecule is CCNS(=O)(=O)c1c(F)ccc(F)c1F. The molecular formula is C8H8F3NO2S. The van der Waals surface area contributed by atoms with Crippen LogP contribution in [0.5, 0.6) is 0 Å². The van der Waals surface area contributed by atoms with Gasteiger partial charge in [0.25, 0.3) is 0 Å². The third kappa shape index (κ3) is 2.29. The lowest BCUT2D eigenvalue weighted by atomic mass is 10.3. The van der Waals surface area contributed by atoms with Crippen LogP contribution in [0.2, 0.25) is 0 Å². The summed E-state index contributed by atoms with van der Waals surface area (Å²) in [4.78, 5) is -1.29. The standard InChI is InChI=1S/C8H8F3NO2S/c1-2-12-15(13,14)8-6(10)4-3-5(9)7(8)11/h3-4,12H,2H2,1H3. The average Bonchev–Trinajstić information content (AvgIpc) is 2.11. The molecule has 84 valence electrons. The van der Waals surface area contributed by atoms with Gasteiger partial charge in [-0.15, -0.1) is 0 Å². The Morgan fingerprint density at radius 3 is 2.27 bits per heavy atom. The average molecular weight is 239 g/mol.